The van der Waals surface area contributed by atoms with Gasteiger partial charge in [-0.2, -0.15) is 0 Å². The van der Waals surface area contributed by atoms with Gasteiger partial charge >= 0.3 is 5.69 Å². The third-order valence-electron chi connectivity index (χ3n) is 5.98. The molecule has 0 aliphatic carbocycles. The normalized spacial score (nSPS) is 11.2. The van der Waals surface area contributed by atoms with Crippen molar-refractivity contribution in [3.8, 4) is 0 Å². The molecule has 3 rings (SSSR count). The molecule has 0 spiro atoms. The average Bonchev–Trinajstić information content (AvgIpc) is 3.19. The van der Waals surface area contributed by atoms with Crippen molar-refractivity contribution in [2.45, 2.75) is 72.3 Å². The van der Waals surface area contributed by atoms with Gasteiger partial charge in [-0.3, -0.25) is 19.1 Å². The molecule has 2 heterocycles. The van der Waals surface area contributed by atoms with E-state index in [1.54, 1.807) is 6.26 Å². The van der Waals surface area contributed by atoms with Crippen LogP contribution in [0.25, 0.3) is 11.0 Å². The Labute approximate surface area is 193 Å². The van der Waals surface area contributed by atoms with Crippen LogP contribution in [0, 0.1) is 0 Å². The third-order valence-corrected chi connectivity index (χ3v) is 5.98. The van der Waals surface area contributed by atoms with Crippen molar-refractivity contribution in [2.24, 2.45) is 0 Å². The summed E-state index contributed by atoms with van der Waals surface area (Å²) in [5, 5.41) is 0.879. The van der Waals surface area contributed by atoms with Crippen molar-refractivity contribution in [1.29, 1.82) is 0 Å². The molecule has 8 heteroatoms. The number of nitrogens with two attached hydrogens (primary N) is 1. The number of carbonyl (C=O) groups excluding carboxylic acids is 1. The molecule has 178 valence electrons. The number of nitrogen functional groups attached to an aromatic ring is 1. The van der Waals surface area contributed by atoms with E-state index in [1.165, 1.54) is 9.47 Å². The smallest absolute Gasteiger partial charge is 0.330 e. The van der Waals surface area contributed by atoms with E-state index in [2.05, 4.69) is 18.8 Å². The van der Waals surface area contributed by atoms with E-state index < -0.39 is 11.2 Å². The predicted molar refractivity (Wildman–Crippen MR) is 132 cm³/mol. The number of fused-ring (bicyclic) bond motifs is 1. The monoisotopic (exact) mass is 454 g/mol. The first kappa shape index (κ1) is 24.4. The number of nitrogens with one attached hydrogen (secondary N) is 1. The van der Waals surface area contributed by atoms with Crippen molar-refractivity contribution in [2.75, 3.05) is 17.2 Å². The molecule has 0 atom stereocenters. The molecule has 0 saturated carbocycles. The van der Waals surface area contributed by atoms with Crippen LogP contribution in [0.15, 0.2) is 38.5 Å². The first-order valence-corrected chi connectivity index (χ1v) is 11.8. The number of aryl methyl sites for hydroxylation is 1. The predicted octanol–water partition coefficient (Wildman–Crippen LogP) is 3.99. The summed E-state index contributed by atoms with van der Waals surface area (Å²) in [7, 11) is 0. The zero-order valence-corrected chi connectivity index (χ0v) is 19.8. The fourth-order valence-electron chi connectivity index (χ4n) is 4.00. The highest BCUT2D eigenvalue weighted by Crippen LogP contribution is 2.25. The van der Waals surface area contributed by atoms with Crippen molar-refractivity contribution < 1.29 is 9.21 Å². The second-order valence-electron chi connectivity index (χ2n) is 8.37. The molecule has 3 N–H and O–H groups in total. The maximum atomic E-state index is 13.5. The third kappa shape index (κ3) is 5.38. The first-order chi connectivity index (χ1) is 15.9. The number of amides is 1. The lowest BCUT2D eigenvalue weighted by Gasteiger charge is -2.24. The van der Waals surface area contributed by atoms with E-state index in [0.29, 0.717) is 13.1 Å². The Hall–Kier alpha value is -3.29. The van der Waals surface area contributed by atoms with Gasteiger partial charge in [0.15, 0.2) is 5.69 Å². The molecule has 3 aromatic rings. The van der Waals surface area contributed by atoms with E-state index in [-0.39, 0.29) is 23.8 Å². The molecule has 0 unspecified atom stereocenters. The number of unbranched alkanes of at least 4 members (excludes halogenated alkanes) is 3. The van der Waals surface area contributed by atoms with Crippen molar-refractivity contribution >= 4 is 28.4 Å². The summed E-state index contributed by atoms with van der Waals surface area (Å²) >= 11 is 0. The molecule has 0 fully saturated rings. The SMILES string of the molecule is CCCCCN(C(=O)Cc1coc2cc(CC)ccc12)c1c(N)n(CCCC)c(=O)[nH]c1=O. The number of furan rings is 1. The van der Waals surface area contributed by atoms with Gasteiger partial charge in [0.2, 0.25) is 5.91 Å². The molecule has 1 aromatic carbocycles. The van der Waals surface area contributed by atoms with Crippen LogP contribution in [-0.2, 0) is 24.2 Å². The van der Waals surface area contributed by atoms with Crippen LogP contribution in [0.3, 0.4) is 0 Å². The number of H-pyrrole nitrogens is 1. The number of hydrogen-bond acceptors (Lipinski definition) is 5. The highest BCUT2D eigenvalue weighted by atomic mass is 16.3. The molecule has 0 radical (unpaired) electrons. The van der Waals surface area contributed by atoms with Crippen molar-refractivity contribution in [3.05, 3.63) is 56.4 Å². The van der Waals surface area contributed by atoms with Gasteiger partial charge in [0.25, 0.3) is 5.56 Å². The second kappa shape index (κ2) is 11.0. The second-order valence-corrected chi connectivity index (χ2v) is 8.37. The first-order valence-electron chi connectivity index (χ1n) is 11.8. The number of aromatic amines is 1. The van der Waals surface area contributed by atoms with Crippen molar-refractivity contribution in [3.63, 3.8) is 0 Å². The molecular formula is C25H34N4O4. The zero-order chi connectivity index (χ0) is 24.0. The maximum Gasteiger partial charge on any atom is 0.330 e. The Morgan fingerprint density at radius 1 is 1.12 bits per heavy atom. The molecule has 0 bridgehead atoms. The van der Waals surface area contributed by atoms with Crippen LogP contribution in [0.4, 0.5) is 11.5 Å². The van der Waals surface area contributed by atoms with E-state index in [4.69, 9.17) is 10.2 Å². The van der Waals surface area contributed by atoms with Gasteiger partial charge in [0.1, 0.15) is 11.4 Å². The van der Waals surface area contributed by atoms with E-state index in [0.717, 1.165) is 60.6 Å². The van der Waals surface area contributed by atoms with Crippen LogP contribution >= 0.6 is 0 Å². The lowest BCUT2D eigenvalue weighted by atomic mass is 10.1. The minimum atomic E-state index is -0.639. The summed E-state index contributed by atoms with van der Waals surface area (Å²) in [6.45, 7) is 6.88. The Balaban J connectivity index is 1.99. The van der Waals surface area contributed by atoms with Crippen LogP contribution < -0.4 is 21.9 Å². The van der Waals surface area contributed by atoms with E-state index in [9.17, 15) is 14.4 Å². The molecule has 0 aliphatic rings. The van der Waals surface area contributed by atoms with Gasteiger partial charge in [-0.05, 0) is 30.9 Å². The minimum absolute atomic E-state index is 0.0340. The Bertz CT molecular complexity index is 1220. The van der Waals surface area contributed by atoms with Gasteiger partial charge in [0.05, 0.1) is 12.7 Å². The van der Waals surface area contributed by atoms with Crippen molar-refractivity contribution in [1.82, 2.24) is 9.55 Å². The number of nitrogens with zero attached hydrogens (tertiary/aromatic N) is 2. The van der Waals surface area contributed by atoms with Gasteiger partial charge < -0.3 is 15.1 Å². The number of rotatable bonds is 11. The average molecular weight is 455 g/mol. The summed E-state index contributed by atoms with van der Waals surface area (Å²) in [4.78, 5) is 42.4. The lowest BCUT2D eigenvalue weighted by molar-refractivity contribution is -0.118. The van der Waals surface area contributed by atoms with Gasteiger partial charge in [0, 0.05) is 24.0 Å². The van der Waals surface area contributed by atoms with Crippen LogP contribution in [-0.4, -0.2) is 22.0 Å². The number of carbonyl (C=O) groups is 1. The van der Waals surface area contributed by atoms with Gasteiger partial charge in [-0.1, -0.05) is 52.2 Å². The summed E-state index contributed by atoms with van der Waals surface area (Å²) < 4.78 is 7.04. The Morgan fingerprint density at radius 3 is 2.58 bits per heavy atom. The largest absolute Gasteiger partial charge is 0.464 e. The Morgan fingerprint density at radius 2 is 1.88 bits per heavy atom. The Kier molecular flexibility index (Phi) is 8.14. The number of aromatic nitrogens is 2. The fourth-order valence-corrected chi connectivity index (χ4v) is 4.00. The highest BCUT2D eigenvalue weighted by molar-refractivity contribution is 5.98. The van der Waals surface area contributed by atoms with Gasteiger partial charge in [-0.15, -0.1) is 0 Å². The number of anilines is 2. The van der Waals surface area contributed by atoms with E-state index in [1.807, 2.05) is 25.1 Å². The summed E-state index contributed by atoms with van der Waals surface area (Å²) in [5.41, 5.74) is 7.80. The topological polar surface area (TPSA) is 114 Å². The minimum Gasteiger partial charge on any atom is -0.464 e. The molecule has 1 amide bonds. The standard InChI is InChI=1S/C25H34N4O4/c1-4-7-9-13-28(22-23(26)29(12-8-5-2)25(32)27-24(22)31)21(30)15-18-16-33-20-14-17(6-3)10-11-19(18)20/h10-11,14,16H,4-9,12-13,15,26H2,1-3H3,(H,27,31,32). The summed E-state index contributed by atoms with van der Waals surface area (Å²) in [5.74, 6) is -0.224. The fraction of sp³-hybridized carbons (Fsp3) is 0.480. The summed E-state index contributed by atoms with van der Waals surface area (Å²) in [6, 6.07) is 5.97. The van der Waals surface area contributed by atoms with Crippen LogP contribution in [0.5, 0.6) is 0 Å². The lowest BCUT2D eigenvalue weighted by Crippen LogP contribution is -2.42. The maximum absolute atomic E-state index is 13.5. The molecule has 33 heavy (non-hydrogen) atoms. The molecule has 0 aliphatic heterocycles. The molecule has 2 aromatic heterocycles. The van der Waals surface area contributed by atoms with Crippen LogP contribution in [0.2, 0.25) is 0 Å². The van der Waals surface area contributed by atoms with E-state index >= 15 is 0 Å². The number of benzene rings is 1. The zero-order valence-electron chi connectivity index (χ0n) is 19.8. The highest BCUT2D eigenvalue weighted by Gasteiger charge is 2.25. The summed E-state index contributed by atoms with van der Waals surface area (Å²) in [6.07, 6.45) is 6.76. The number of hydrogen-bond donors (Lipinski definition) is 2. The molecule has 8 nitrogen and oxygen atoms in total. The molecule has 0 saturated heterocycles. The molecular weight excluding hydrogens is 420 g/mol. The van der Waals surface area contributed by atoms with Crippen LogP contribution in [0.1, 0.15) is 64.0 Å². The quantitative estimate of drug-likeness (QED) is 0.425. The van der Waals surface area contributed by atoms with Gasteiger partial charge in [-0.25, -0.2) is 4.79 Å².